The minimum Gasteiger partial charge on any atom is -0.379 e. The Labute approximate surface area is 132 Å². The van der Waals surface area contributed by atoms with Gasteiger partial charge >= 0.3 is 0 Å². The number of anilines is 1. The van der Waals surface area contributed by atoms with Gasteiger partial charge in [-0.05, 0) is 29.7 Å². The van der Waals surface area contributed by atoms with Crippen LogP contribution in [-0.4, -0.2) is 0 Å². The van der Waals surface area contributed by atoms with Crippen molar-refractivity contribution in [1.29, 1.82) is 0 Å². The minimum atomic E-state index is 0.615. The Kier molecular flexibility index (Phi) is 5.14. The average Bonchev–Trinajstić information content (AvgIpc) is 2.38. The Bertz CT molecular complexity index is 544. The lowest BCUT2D eigenvalue weighted by Gasteiger charge is -2.11. The second-order valence-corrected chi connectivity index (χ2v) is 6.00. The molecule has 2 aromatic rings. The van der Waals surface area contributed by atoms with Gasteiger partial charge in [0, 0.05) is 11.0 Å². The average molecular weight is 359 g/mol. The van der Waals surface area contributed by atoms with Crippen molar-refractivity contribution in [2.24, 2.45) is 0 Å². The summed E-state index contributed by atoms with van der Waals surface area (Å²) in [5.74, 6) is 0. The van der Waals surface area contributed by atoms with Gasteiger partial charge in [0.25, 0.3) is 0 Å². The molecule has 0 atom stereocenters. The van der Waals surface area contributed by atoms with Gasteiger partial charge in [0.2, 0.25) is 0 Å². The molecule has 0 fully saturated rings. The van der Waals surface area contributed by atoms with Crippen molar-refractivity contribution >= 4 is 44.8 Å². The van der Waals surface area contributed by atoms with E-state index in [-0.39, 0.29) is 0 Å². The standard InChI is InChI=1S/C15H14BrCl2N/c1-2-10-3-5-11(6-4-10)9-19-15-13(17)7-12(16)8-14(15)18/h3-8,19H,2,9H2,1H3. The predicted molar refractivity (Wildman–Crippen MR) is 87.3 cm³/mol. The molecule has 0 bridgehead atoms. The van der Waals surface area contributed by atoms with Crippen molar-refractivity contribution in [2.75, 3.05) is 5.32 Å². The zero-order chi connectivity index (χ0) is 13.8. The van der Waals surface area contributed by atoms with Crippen molar-refractivity contribution in [1.82, 2.24) is 0 Å². The highest BCUT2D eigenvalue weighted by Crippen LogP contribution is 2.34. The molecule has 0 heterocycles. The van der Waals surface area contributed by atoms with Crippen LogP contribution in [0.5, 0.6) is 0 Å². The maximum absolute atomic E-state index is 6.17. The molecule has 2 aromatic carbocycles. The quantitative estimate of drug-likeness (QED) is 0.714. The lowest BCUT2D eigenvalue weighted by Crippen LogP contribution is -2.01. The molecule has 4 heteroatoms. The Balaban J connectivity index is 2.10. The molecule has 0 aliphatic carbocycles. The van der Waals surface area contributed by atoms with E-state index in [1.165, 1.54) is 11.1 Å². The number of benzene rings is 2. The molecule has 0 aromatic heterocycles. The zero-order valence-corrected chi connectivity index (χ0v) is 13.6. The largest absolute Gasteiger partial charge is 0.379 e. The van der Waals surface area contributed by atoms with Gasteiger partial charge in [0.1, 0.15) is 0 Å². The highest BCUT2D eigenvalue weighted by molar-refractivity contribution is 9.10. The van der Waals surface area contributed by atoms with E-state index in [0.29, 0.717) is 16.6 Å². The first-order chi connectivity index (χ1) is 9.10. The van der Waals surface area contributed by atoms with Gasteiger partial charge in [-0.2, -0.15) is 0 Å². The molecule has 0 aliphatic rings. The molecule has 1 N–H and O–H groups in total. The van der Waals surface area contributed by atoms with Gasteiger partial charge in [-0.3, -0.25) is 0 Å². The first-order valence-electron chi connectivity index (χ1n) is 6.06. The van der Waals surface area contributed by atoms with Gasteiger partial charge in [-0.15, -0.1) is 0 Å². The third kappa shape index (κ3) is 3.88. The highest BCUT2D eigenvalue weighted by Gasteiger charge is 2.07. The van der Waals surface area contributed by atoms with E-state index in [2.05, 4.69) is 52.4 Å². The van der Waals surface area contributed by atoms with Crippen molar-refractivity contribution in [3.8, 4) is 0 Å². The lowest BCUT2D eigenvalue weighted by atomic mass is 10.1. The third-order valence-corrected chi connectivity index (χ3v) is 3.96. The van der Waals surface area contributed by atoms with Gasteiger partial charge < -0.3 is 5.32 Å². The summed E-state index contributed by atoms with van der Waals surface area (Å²) < 4.78 is 0.875. The van der Waals surface area contributed by atoms with Gasteiger partial charge in [0.05, 0.1) is 15.7 Å². The molecule has 1 nitrogen and oxygen atoms in total. The zero-order valence-electron chi connectivity index (χ0n) is 10.5. The monoisotopic (exact) mass is 357 g/mol. The number of aryl methyl sites for hydroxylation is 1. The molecule has 100 valence electrons. The van der Waals surface area contributed by atoms with Crippen LogP contribution in [-0.2, 0) is 13.0 Å². The van der Waals surface area contributed by atoms with Crippen LogP contribution in [0.25, 0.3) is 0 Å². The molecule has 0 saturated heterocycles. The van der Waals surface area contributed by atoms with Crippen LogP contribution in [0.2, 0.25) is 10.0 Å². The Morgan fingerprint density at radius 3 is 2.05 bits per heavy atom. The molecule has 0 radical (unpaired) electrons. The van der Waals surface area contributed by atoms with Crippen LogP contribution >= 0.6 is 39.1 Å². The van der Waals surface area contributed by atoms with E-state index in [4.69, 9.17) is 23.2 Å². The van der Waals surface area contributed by atoms with Crippen LogP contribution < -0.4 is 5.32 Å². The van der Waals surface area contributed by atoms with Crippen LogP contribution in [0, 0.1) is 0 Å². The summed E-state index contributed by atoms with van der Waals surface area (Å²) in [4.78, 5) is 0. The van der Waals surface area contributed by atoms with Crippen LogP contribution in [0.15, 0.2) is 40.9 Å². The third-order valence-electron chi connectivity index (χ3n) is 2.91. The van der Waals surface area contributed by atoms with Crippen molar-refractivity contribution in [3.05, 3.63) is 62.0 Å². The van der Waals surface area contributed by atoms with E-state index in [9.17, 15) is 0 Å². The molecule has 0 aliphatic heterocycles. The fourth-order valence-electron chi connectivity index (χ4n) is 1.79. The normalized spacial score (nSPS) is 10.5. The Morgan fingerprint density at radius 1 is 1.00 bits per heavy atom. The minimum absolute atomic E-state index is 0.615. The van der Waals surface area contributed by atoms with Gasteiger partial charge in [0.15, 0.2) is 0 Å². The topological polar surface area (TPSA) is 12.0 Å². The number of hydrogen-bond donors (Lipinski definition) is 1. The summed E-state index contributed by atoms with van der Waals surface area (Å²) in [5.41, 5.74) is 3.31. The molecule has 0 unspecified atom stereocenters. The molecule has 0 saturated carbocycles. The van der Waals surface area contributed by atoms with Crippen LogP contribution in [0.1, 0.15) is 18.1 Å². The maximum Gasteiger partial charge on any atom is 0.0722 e. The fraction of sp³-hybridized carbons (Fsp3) is 0.200. The Hall–Kier alpha value is -0.700. The van der Waals surface area contributed by atoms with E-state index in [0.717, 1.165) is 16.6 Å². The van der Waals surface area contributed by atoms with Gasteiger partial charge in [-0.1, -0.05) is 70.3 Å². The molecule has 2 rings (SSSR count). The second kappa shape index (κ2) is 6.65. The lowest BCUT2D eigenvalue weighted by molar-refractivity contribution is 1.11. The fourth-order valence-corrected chi connectivity index (χ4v) is 3.14. The molecule has 0 amide bonds. The van der Waals surface area contributed by atoms with Gasteiger partial charge in [-0.25, -0.2) is 0 Å². The second-order valence-electron chi connectivity index (χ2n) is 4.27. The van der Waals surface area contributed by atoms with Crippen molar-refractivity contribution in [2.45, 2.75) is 19.9 Å². The molecule has 0 spiro atoms. The van der Waals surface area contributed by atoms with E-state index < -0.39 is 0 Å². The highest BCUT2D eigenvalue weighted by atomic mass is 79.9. The van der Waals surface area contributed by atoms with Crippen molar-refractivity contribution < 1.29 is 0 Å². The van der Waals surface area contributed by atoms with Crippen LogP contribution in [0.3, 0.4) is 0 Å². The molecule has 19 heavy (non-hydrogen) atoms. The predicted octanol–water partition coefficient (Wildman–Crippen LogP) is 5.93. The summed E-state index contributed by atoms with van der Waals surface area (Å²) in [6.07, 6.45) is 1.05. The van der Waals surface area contributed by atoms with E-state index in [1.54, 1.807) is 0 Å². The maximum atomic E-state index is 6.17. The summed E-state index contributed by atoms with van der Waals surface area (Å²) in [5, 5.41) is 4.51. The Morgan fingerprint density at radius 2 is 1.53 bits per heavy atom. The van der Waals surface area contributed by atoms with E-state index in [1.807, 2.05) is 12.1 Å². The van der Waals surface area contributed by atoms with Crippen LogP contribution in [0.4, 0.5) is 5.69 Å². The summed E-state index contributed by atoms with van der Waals surface area (Å²) in [7, 11) is 0. The summed E-state index contributed by atoms with van der Waals surface area (Å²) in [6, 6.07) is 12.2. The first-order valence-corrected chi connectivity index (χ1v) is 7.61. The number of rotatable bonds is 4. The number of hydrogen-bond acceptors (Lipinski definition) is 1. The first kappa shape index (κ1) is 14.7. The van der Waals surface area contributed by atoms with Crippen molar-refractivity contribution in [3.63, 3.8) is 0 Å². The number of halogens is 3. The number of nitrogens with one attached hydrogen (secondary N) is 1. The molecular formula is C15H14BrCl2N. The summed E-state index contributed by atoms with van der Waals surface area (Å²) in [6.45, 7) is 2.85. The van der Waals surface area contributed by atoms with E-state index >= 15 is 0 Å². The molecular weight excluding hydrogens is 345 g/mol. The summed E-state index contributed by atoms with van der Waals surface area (Å²) >= 11 is 15.7. The SMILES string of the molecule is CCc1ccc(CNc2c(Cl)cc(Br)cc2Cl)cc1. The smallest absolute Gasteiger partial charge is 0.0722 e.